The van der Waals surface area contributed by atoms with Crippen molar-refractivity contribution in [1.82, 2.24) is 10.6 Å². The van der Waals surface area contributed by atoms with Gasteiger partial charge in [-0.1, -0.05) is 40.3 Å². The molecule has 0 aromatic carbocycles. The van der Waals surface area contributed by atoms with Gasteiger partial charge in [0, 0.05) is 12.1 Å². The lowest BCUT2D eigenvalue weighted by atomic mass is 10.1. The van der Waals surface area contributed by atoms with Crippen LogP contribution in [0.15, 0.2) is 24.4 Å². The van der Waals surface area contributed by atoms with E-state index < -0.39 is 0 Å². The number of imide groups is 1. The number of piperidine rings is 1. The fourth-order valence-corrected chi connectivity index (χ4v) is 1.57. The molecule has 1 fully saturated rings. The van der Waals surface area contributed by atoms with Gasteiger partial charge in [-0.15, -0.1) is 0 Å². The van der Waals surface area contributed by atoms with Crippen LogP contribution in [0.25, 0.3) is 0 Å². The molecule has 1 aliphatic heterocycles. The zero-order valence-corrected chi connectivity index (χ0v) is 11.7. The Hall–Kier alpha value is -1.58. The monoisotopic (exact) mass is 252 g/mol. The summed E-state index contributed by atoms with van der Waals surface area (Å²) < 4.78 is 0. The van der Waals surface area contributed by atoms with E-state index in [0.29, 0.717) is 18.8 Å². The fourth-order valence-electron chi connectivity index (χ4n) is 1.57. The molecule has 1 heterocycles. The molecule has 1 aliphatic rings. The van der Waals surface area contributed by atoms with E-state index in [1.165, 1.54) is 0 Å². The molecule has 18 heavy (non-hydrogen) atoms. The number of hydrogen-bond donors (Lipinski definition) is 2. The van der Waals surface area contributed by atoms with Gasteiger partial charge in [0.1, 0.15) is 6.04 Å². The summed E-state index contributed by atoms with van der Waals surface area (Å²) in [6.45, 7) is 11.8. The summed E-state index contributed by atoms with van der Waals surface area (Å²) >= 11 is 0. The number of allylic oxidation sites excluding steroid dienone is 2. The number of hydrogen-bond acceptors (Lipinski definition) is 3. The van der Waals surface area contributed by atoms with E-state index in [1.807, 2.05) is 19.9 Å². The van der Waals surface area contributed by atoms with E-state index in [0.717, 1.165) is 5.70 Å². The summed E-state index contributed by atoms with van der Waals surface area (Å²) in [6.07, 6.45) is 4.60. The van der Waals surface area contributed by atoms with Crippen molar-refractivity contribution >= 4 is 11.8 Å². The summed E-state index contributed by atoms with van der Waals surface area (Å²) in [5, 5.41) is 5.40. The van der Waals surface area contributed by atoms with E-state index >= 15 is 0 Å². The Morgan fingerprint density at radius 3 is 2.50 bits per heavy atom. The minimum Gasteiger partial charge on any atom is -0.374 e. The van der Waals surface area contributed by atoms with E-state index in [1.54, 1.807) is 6.08 Å². The molecule has 1 atom stereocenters. The van der Waals surface area contributed by atoms with Crippen molar-refractivity contribution < 1.29 is 9.59 Å². The summed E-state index contributed by atoms with van der Waals surface area (Å²) in [7, 11) is 0. The molecule has 0 saturated carbocycles. The first-order valence-corrected chi connectivity index (χ1v) is 6.47. The third kappa shape index (κ3) is 5.66. The number of carbonyl (C=O) groups excluding carboxylic acids is 2. The number of rotatable bonds is 4. The Morgan fingerprint density at radius 1 is 1.44 bits per heavy atom. The maximum atomic E-state index is 11.5. The van der Waals surface area contributed by atoms with Crippen molar-refractivity contribution in [2.24, 2.45) is 5.92 Å². The largest absolute Gasteiger partial charge is 0.374 e. The van der Waals surface area contributed by atoms with Crippen LogP contribution in [0.4, 0.5) is 0 Å². The van der Waals surface area contributed by atoms with Crippen molar-refractivity contribution in [3.8, 4) is 0 Å². The summed E-state index contributed by atoms with van der Waals surface area (Å²) in [4.78, 5) is 22.4. The smallest absolute Gasteiger partial charge is 0.249 e. The molecule has 4 nitrogen and oxygen atoms in total. The number of nitrogens with one attached hydrogen (secondary N) is 2. The van der Waals surface area contributed by atoms with Crippen LogP contribution in [0.1, 0.15) is 40.5 Å². The minimum absolute atomic E-state index is 0.198. The lowest BCUT2D eigenvalue weighted by Gasteiger charge is -2.23. The summed E-state index contributed by atoms with van der Waals surface area (Å²) in [5.74, 6) is -0.0717. The molecule has 1 saturated heterocycles. The molecule has 2 amide bonds. The van der Waals surface area contributed by atoms with Gasteiger partial charge in [0.25, 0.3) is 0 Å². The van der Waals surface area contributed by atoms with Crippen LogP contribution in [0.5, 0.6) is 0 Å². The van der Waals surface area contributed by atoms with Crippen molar-refractivity contribution in [1.29, 1.82) is 0 Å². The maximum Gasteiger partial charge on any atom is 0.249 e. The Labute approximate surface area is 110 Å². The quantitative estimate of drug-likeness (QED) is 0.595. The highest BCUT2D eigenvalue weighted by Crippen LogP contribution is 2.08. The maximum absolute atomic E-state index is 11.5. The Balaban J connectivity index is 0.00000137. The molecule has 0 radical (unpaired) electrons. The van der Waals surface area contributed by atoms with Gasteiger partial charge in [-0.25, -0.2) is 0 Å². The van der Waals surface area contributed by atoms with Crippen molar-refractivity contribution in [3.63, 3.8) is 0 Å². The van der Waals surface area contributed by atoms with Crippen LogP contribution in [-0.2, 0) is 9.59 Å². The first-order valence-electron chi connectivity index (χ1n) is 6.47. The topological polar surface area (TPSA) is 58.2 Å². The van der Waals surface area contributed by atoms with Gasteiger partial charge in [0.15, 0.2) is 0 Å². The van der Waals surface area contributed by atoms with Crippen molar-refractivity contribution in [2.75, 3.05) is 0 Å². The average molecular weight is 252 g/mol. The highest BCUT2D eigenvalue weighted by atomic mass is 16.2. The zero-order valence-electron chi connectivity index (χ0n) is 11.7. The standard InChI is InChI=1S/C12H18N2O2.C2H6/c1-4-9(7-8(2)3)13-10-5-6-11(15)14-12(10)16;1-2/h4,7-8,10,13H,1,5-6H2,2-3H3,(H,14,15,16);1-2H3/b9-7+;. The first-order chi connectivity index (χ1) is 8.52. The van der Waals surface area contributed by atoms with Crippen LogP contribution >= 0.6 is 0 Å². The second-order valence-electron chi connectivity index (χ2n) is 4.22. The molecule has 0 spiro atoms. The Kier molecular flexibility index (Phi) is 7.76. The molecular weight excluding hydrogens is 228 g/mol. The van der Waals surface area contributed by atoms with Gasteiger partial charge in [-0.05, 0) is 18.4 Å². The van der Waals surface area contributed by atoms with Gasteiger partial charge >= 0.3 is 0 Å². The molecule has 0 aromatic rings. The highest BCUT2D eigenvalue weighted by Gasteiger charge is 2.26. The second-order valence-corrected chi connectivity index (χ2v) is 4.22. The van der Waals surface area contributed by atoms with Crippen LogP contribution < -0.4 is 10.6 Å². The van der Waals surface area contributed by atoms with E-state index in [9.17, 15) is 9.59 Å². The van der Waals surface area contributed by atoms with Gasteiger partial charge in [-0.2, -0.15) is 0 Å². The van der Waals surface area contributed by atoms with Crippen molar-refractivity contribution in [3.05, 3.63) is 24.4 Å². The zero-order chi connectivity index (χ0) is 14.1. The third-order valence-electron chi connectivity index (χ3n) is 2.31. The number of amides is 2. The molecule has 1 unspecified atom stereocenters. The third-order valence-corrected chi connectivity index (χ3v) is 2.31. The normalized spacial score (nSPS) is 19.8. The van der Waals surface area contributed by atoms with Crippen LogP contribution in [0.2, 0.25) is 0 Å². The molecule has 0 aliphatic carbocycles. The van der Waals surface area contributed by atoms with Crippen LogP contribution in [0, 0.1) is 5.92 Å². The van der Waals surface area contributed by atoms with E-state index in [4.69, 9.17) is 0 Å². The molecule has 0 bridgehead atoms. The highest BCUT2D eigenvalue weighted by molar-refractivity contribution is 6.00. The molecule has 4 heteroatoms. The SMILES string of the molecule is C=C/C(=C\C(C)C)NC1CCC(=O)NC1=O.CC. The molecular formula is C14H24N2O2. The lowest BCUT2D eigenvalue weighted by molar-refractivity contribution is -0.134. The van der Waals surface area contributed by atoms with Gasteiger partial charge in [-0.3, -0.25) is 14.9 Å². The van der Waals surface area contributed by atoms with Gasteiger partial charge < -0.3 is 5.32 Å². The predicted molar refractivity (Wildman–Crippen MR) is 73.8 cm³/mol. The van der Waals surface area contributed by atoms with Crippen LogP contribution in [-0.4, -0.2) is 17.9 Å². The number of carbonyl (C=O) groups is 2. The predicted octanol–water partition coefficient (Wildman–Crippen LogP) is 2.13. The van der Waals surface area contributed by atoms with Gasteiger partial charge in [0.05, 0.1) is 0 Å². The lowest BCUT2D eigenvalue weighted by Crippen LogP contribution is -2.50. The Bertz CT molecular complexity index is 333. The fraction of sp³-hybridized carbons (Fsp3) is 0.571. The summed E-state index contributed by atoms with van der Waals surface area (Å²) in [6, 6.07) is -0.333. The summed E-state index contributed by atoms with van der Waals surface area (Å²) in [5.41, 5.74) is 0.837. The molecule has 1 rings (SSSR count). The van der Waals surface area contributed by atoms with Crippen molar-refractivity contribution in [2.45, 2.75) is 46.6 Å². The van der Waals surface area contributed by atoms with E-state index in [2.05, 4.69) is 31.1 Å². The van der Waals surface area contributed by atoms with Crippen LogP contribution in [0.3, 0.4) is 0 Å². The molecule has 102 valence electrons. The average Bonchev–Trinajstić information content (AvgIpc) is 2.33. The minimum atomic E-state index is -0.333. The molecule has 2 N–H and O–H groups in total. The Morgan fingerprint density at radius 2 is 2.06 bits per heavy atom. The van der Waals surface area contributed by atoms with E-state index in [-0.39, 0.29) is 17.9 Å². The second kappa shape index (κ2) is 8.50. The first kappa shape index (κ1) is 16.4. The molecule has 0 aromatic heterocycles. The van der Waals surface area contributed by atoms with Gasteiger partial charge in [0.2, 0.25) is 11.8 Å².